The number of urea groups is 1. The van der Waals surface area contributed by atoms with Gasteiger partial charge in [0.25, 0.3) is 0 Å². The van der Waals surface area contributed by atoms with Gasteiger partial charge in [0.1, 0.15) is 11.6 Å². The molecule has 1 N–H and O–H groups in total. The van der Waals surface area contributed by atoms with Crippen molar-refractivity contribution in [2.24, 2.45) is 0 Å². The predicted molar refractivity (Wildman–Crippen MR) is 107 cm³/mol. The van der Waals surface area contributed by atoms with Crippen molar-refractivity contribution in [1.29, 1.82) is 0 Å². The molecule has 0 fully saturated rings. The minimum atomic E-state index is -0.275. The summed E-state index contributed by atoms with van der Waals surface area (Å²) in [5, 5.41) is 2.91. The second-order valence-corrected chi connectivity index (χ2v) is 6.66. The fourth-order valence-corrected chi connectivity index (χ4v) is 2.52. The van der Waals surface area contributed by atoms with Gasteiger partial charge in [0.2, 0.25) is 0 Å². The van der Waals surface area contributed by atoms with Crippen molar-refractivity contribution in [3.05, 3.63) is 59.9 Å². The number of nitrogens with one attached hydrogen (secondary N) is 1. The van der Waals surface area contributed by atoms with Crippen LogP contribution in [0.2, 0.25) is 0 Å². The van der Waals surface area contributed by atoms with Gasteiger partial charge in [-0.25, -0.2) is 9.18 Å². The summed E-state index contributed by atoms with van der Waals surface area (Å²) in [4.78, 5) is 15.9. The molecule has 0 radical (unpaired) electrons. The van der Waals surface area contributed by atoms with Gasteiger partial charge in [-0.2, -0.15) is 0 Å². The summed E-state index contributed by atoms with van der Waals surface area (Å²) in [6.07, 6.45) is 1.63. The lowest BCUT2D eigenvalue weighted by Crippen LogP contribution is -2.37. The van der Waals surface area contributed by atoms with Crippen molar-refractivity contribution in [1.82, 2.24) is 10.2 Å². The van der Waals surface area contributed by atoms with E-state index in [1.807, 2.05) is 43.3 Å². The quantitative estimate of drug-likeness (QED) is 0.678. The molecule has 5 nitrogen and oxygen atoms in total. The molecule has 146 valence electrons. The van der Waals surface area contributed by atoms with Crippen LogP contribution in [0.25, 0.3) is 0 Å². The number of halogens is 1. The molecule has 0 aliphatic heterocycles. The van der Waals surface area contributed by atoms with Crippen LogP contribution in [-0.2, 0) is 6.54 Å². The number of carbonyl (C=O) groups is 1. The molecule has 0 saturated heterocycles. The summed E-state index contributed by atoms with van der Waals surface area (Å²) in [6.45, 7) is 1.69. The minimum absolute atomic E-state index is 0.0915. The average molecular weight is 373 g/mol. The highest BCUT2D eigenvalue weighted by Gasteiger charge is 2.08. The summed E-state index contributed by atoms with van der Waals surface area (Å²) in [5.74, 6) is 0.378. The summed E-state index contributed by atoms with van der Waals surface area (Å²) in [5.41, 5.74) is 2.22. The molecule has 6 heteroatoms. The zero-order valence-electron chi connectivity index (χ0n) is 16.2. The smallest absolute Gasteiger partial charge is 0.317 e. The number of ether oxygens (including phenoxy) is 1. The molecular weight excluding hydrogens is 345 g/mol. The zero-order chi connectivity index (χ0) is 19.6. The first-order chi connectivity index (χ1) is 13.0. The van der Waals surface area contributed by atoms with E-state index in [0.29, 0.717) is 25.4 Å². The van der Waals surface area contributed by atoms with E-state index in [1.54, 1.807) is 24.1 Å². The molecule has 2 rings (SSSR count). The molecule has 0 aliphatic carbocycles. The highest BCUT2D eigenvalue weighted by molar-refractivity contribution is 5.73. The van der Waals surface area contributed by atoms with Crippen LogP contribution < -0.4 is 15.0 Å². The van der Waals surface area contributed by atoms with Crippen LogP contribution in [-0.4, -0.2) is 45.2 Å². The fourth-order valence-electron chi connectivity index (χ4n) is 2.52. The van der Waals surface area contributed by atoms with E-state index in [4.69, 9.17) is 4.74 Å². The lowest BCUT2D eigenvalue weighted by atomic mass is 10.2. The monoisotopic (exact) mass is 373 g/mol. The number of nitrogens with zero attached hydrogens (tertiary/aromatic N) is 2. The Balaban J connectivity index is 1.61. The molecule has 0 bridgehead atoms. The molecule has 0 saturated carbocycles. The van der Waals surface area contributed by atoms with E-state index >= 15 is 0 Å². The number of carbonyl (C=O) groups excluding carboxylic acids is 1. The first kappa shape index (κ1) is 20.6. The van der Waals surface area contributed by atoms with Crippen LogP contribution in [0.4, 0.5) is 14.9 Å². The molecule has 0 aliphatic rings. The summed E-state index contributed by atoms with van der Waals surface area (Å²) < 4.78 is 18.3. The maximum absolute atomic E-state index is 12.8. The van der Waals surface area contributed by atoms with E-state index in [1.165, 1.54) is 12.1 Å². The highest BCUT2D eigenvalue weighted by atomic mass is 19.1. The molecule has 0 spiro atoms. The standard InChI is InChI=1S/C21H28FN3O2/c1-24(2)19-10-6-17(7-11-19)16-25(3)21(26)23-14-4-5-15-27-20-12-8-18(22)9-13-20/h6-13H,4-5,14-16H2,1-3H3,(H,23,26). The second-order valence-electron chi connectivity index (χ2n) is 6.66. The Morgan fingerprint density at radius 3 is 2.30 bits per heavy atom. The van der Waals surface area contributed by atoms with Crippen LogP contribution in [0.5, 0.6) is 5.75 Å². The van der Waals surface area contributed by atoms with Crippen molar-refractivity contribution >= 4 is 11.7 Å². The number of benzene rings is 2. The number of rotatable bonds is 9. The third-order valence-electron chi connectivity index (χ3n) is 4.15. The molecular formula is C21H28FN3O2. The normalized spacial score (nSPS) is 10.4. The molecule has 2 aromatic rings. The molecule has 27 heavy (non-hydrogen) atoms. The van der Waals surface area contributed by atoms with E-state index in [9.17, 15) is 9.18 Å². The van der Waals surface area contributed by atoms with Gasteiger partial charge in [-0.1, -0.05) is 12.1 Å². The van der Waals surface area contributed by atoms with E-state index in [2.05, 4.69) is 5.32 Å². The first-order valence-electron chi connectivity index (χ1n) is 9.09. The third-order valence-corrected chi connectivity index (χ3v) is 4.15. The number of amides is 2. The zero-order valence-corrected chi connectivity index (χ0v) is 16.2. The predicted octanol–water partition coefficient (Wildman–Crippen LogP) is 3.89. The number of anilines is 1. The largest absolute Gasteiger partial charge is 0.494 e. The Labute approximate surface area is 160 Å². The van der Waals surface area contributed by atoms with Gasteiger partial charge >= 0.3 is 6.03 Å². The SMILES string of the molecule is CN(Cc1ccc(N(C)C)cc1)C(=O)NCCCCOc1ccc(F)cc1. The lowest BCUT2D eigenvalue weighted by Gasteiger charge is -2.19. The number of unbranched alkanes of at least 4 members (excludes halogenated alkanes) is 1. The molecule has 0 unspecified atom stereocenters. The minimum Gasteiger partial charge on any atom is -0.494 e. The van der Waals surface area contributed by atoms with Gasteiger partial charge in [0.05, 0.1) is 6.61 Å². The Morgan fingerprint density at radius 1 is 1.00 bits per heavy atom. The average Bonchev–Trinajstić information content (AvgIpc) is 2.66. The number of hydrogen-bond donors (Lipinski definition) is 1. The molecule has 2 amide bonds. The fraction of sp³-hybridized carbons (Fsp3) is 0.381. The van der Waals surface area contributed by atoms with E-state index in [0.717, 1.165) is 24.1 Å². The Bertz CT molecular complexity index is 702. The van der Waals surface area contributed by atoms with Crippen LogP contribution in [0.1, 0.15) is 18.4 Å². The molecule has 0 atom stereocenters. The van der Waals surface area contributed by atoms with Crippen molar-refractivity contribution in [2.75, 3.05) is 39.2 Å². The maximum atomic E-state index is 12.8. The summed E-state index contributed by atoms with van der Waals surface area (Å²) in [7, 11) is 5.78. The van der Waals surface area contributed by atoms with Crippen molar-refractivity contribution in [3.8, 4) is 5.75 Å². The second kappa shape index (κ2) is 10.4. The first-order valence-corrected chi connectivity index (χ1v) is 9.09. The maximum Gasteiger partial charge on any atom is 0.317 e. The van der Waals surface area contributed by atoms with Crippen LogP contribution >= 0.6 is 0 Å². The Morgan fingerprint density at radius 2 is 1.67 bits per heavy atom. The third kappa shape index (κ3) is 7.17. The van der Waals surface area contributed by atoms with Gasteiger partial charge in [0.15, 0.2) is 0 Å². The van der Waals surface area contributed by atoms with Gasteiger partial charge in [-0.05, 0) is 54.8 Å². The van der Waals surface area contributed by atoms with Crippen molar-refractivity contribution in [2.45, 2.75) is 19.4 Å². The van der Waals surface area contributed by atoms with Crippen LogP contribution in [0.3, 0.4) is 0 Å². The Hall–Kier alpha value is -2.76. The van der Waals surface area contributed by atoms with Crippen LogP contribution in [0, 0.1) is 5.82 Å². The summed E-state index contributed by atoms with van der Waals surface area (Å²) in [6, 6.07) is 14.0. The van der Waals surface area contributed by atoms with E-state index in [-0.39, 0.29) is 11.8 Å². The summed E-state index contributed by atoms with van der Waals surface area (Å²) >= 11 is 0. The van der Waals surface area contributed by atoms with Gasteiger partial charge in [0, 0.05) is 39.9 Å². The topological polar surface area (TPSA) is 44.8 Å². The van der Waals surface area contributed by atoms with Crippen molar-refractivity contribution < 1.29 is 13.9 Å². The number of hydrogen-bond acceptors (Lipinski definition) is 3. The molecule has 0 heterocycles. The van der Waals surface area contributed by atoms with Crippen molar-refractivity contribution in [3.63, 3.8) is 0 Å². The lowest BCUT2D eigenvalue weighted by molar-refractivity contribution is 0.206. The van der Waals surface area contributed by atoms with Gasteiger partial charge < -0.3 is 19.9 Å². The van der Waals surface area contributed by atoms with E-state index < -0.39 is 0 Å². The Kier molecular flexibility index (Phi) is 7.92. The highest BCUT2D eigenvalue weighted by Crippen LogP contribution is 2.13. The van der Waals surface area contributed by atoms with Gasteiger partial charge in [-0.3, -0.25) is 0 Å². The molecule has 0 aromatic heterocycles. The molecule has 2 aromatic carbocycles. The van der Waals surface area contributed by atoms with Crippen LogP contribution in [0.15, 0.2) is 48.5 Å². The van der Waals surface area contributed by atoms with Gasteiger partial charge in [-0.15, -0.1) is 0 Å².